The maximum absolute atomic E-state index is 11.2. The van der Waals surface area contributed by atoms with Gasteiger partial charge in [0.1, 0.15) is 5.78 Å². The fourth-order valence-corrected chi connectivity index (χ4v) is 4.51. The predicted octanol–water partition coefficient (Wildman–Crippen LogP) is 10.4. The molecule has 2 atom stereocenters. The average molecular weight is 423 g/mol. The fraction of sp³-hybridized carbons (Fsp3) is 0.966. The van der Waals surface area contributed by atoms with Gasteiger partial charge in [-0.05, 0) is 19.3 Å². The number of Topliss-reactive ketones (excluding diaryl/α,β-unsaturated/α-hetero) is 1. The Morgan fingerprint density at radius 2 is 0.800 bits per heavy atom. The summed E-state index contributed by atoms with van der Waals surface area (Å²) in [5, 5.41) is 0. The molecule has 0 rings (SSSR count). The molecule has 0 amide bonds. The zero-order chi connectivity index (χ0) is 22.3. The Morgan fingerprint density at radius 1 is 0.500 bits per heavy atom. The molecular weight excluding hydrogens is 364 g/mol. The van der Waals surface area contributed by atoms with Gasteiger partial charge in [-0.2, -0.15) is 0 Å². The van der Waals surface area contributed by atoms with E-state index in [9.17, 15) is 4.79 Å². The van der Waals surface area contributed by atoms with Crippen LogP contribution in [0, 0.1) is 11.8 Å². The van der Waals surface area contributed by atoms with Crippen LogP contribution in [0.3, 0.4) is 0 Å². The first-order chi connectivity index (χ1) is 14.6. The monoisotopic (exact) mass is 422 g/mol. The van der Waals surface area contributed by atoms with Crippen molar-refractivity contribution in [1.29, 1.82) is 0 Å². The molecule has 0 aromatic heterocycles. The number of rotatable bonds is 24. The van der Waals surface area contributed by atoms with Gasteiger partial charge < -0.3 is 0 Å². The van der Waals surface area contributed by atoms with Gasteiger partial charge >= 0.3 is 0 Å². The lowest BCUT2D eigenvalue weighted by molar-refractivity contribution is -0.120. The van der Waals surface area contributed by atoms with Crippen molar-refractivity contribution in [3.8, 4) is 0 Å². The molecule has 0 aliphatic heterocycles. The highest BCUT2D eigenvalue weighted by molar-refractivity contribution is 5.77. The minimum atomic E-state index is 0.273. The molecular formula is C29H58O. The van der Waals surface area contributed by atoms with Crippen molar-refractivity contribution in [2.45, 2.75) is 169 Å². The van der Waals surface area contributed by atoms with Crippen molar-refractivity contribution in [2.75, 3.05) is 0 Å². The van der Waals surface area contributed by atoms with Crippen LogP contribution in [0.4, 0.5) is 0 Å². The lowest BCUT2D eigenvalue weighted by Gasteiger charge is -2.11. The molecule has 0 radical (unpaired) electrons. The highest BCUT2D eigenvalue weighted by atomic mass is 16.1. The van der Waals surface area contributed by atoms with Gasteiger partial charge in [0.2, 0.25) is 0 Å². The molecule has 0 spiro atoms. The summed E-state index contributed by atoms with van der Waals surface area (Å²) >= 11 is 0. The maximum atomic E-state index is 11.2. The molecule has 0 aromatic rings. The van der Waals surface area contributed by atoms with E-state index in [1.165, 1.54) is 135 Å². The van der Waals surface area contributed by atoms with Crippen LogP contribution in [0.15, 0.2) is 0 Å². The van der Waals surface area contributed by atoms with Crippen molar-refractivity contribution >= 4 is 5.78 Å². The Hall–Kier alpha value is -0.330. The third-order valence-electron chi connectivity index (χ3n) is 7.08. The molecule has 0 fully saturated rings. The minimum Gasteiger partial charge on any atom is -0.300 e. The van der Waals surface area contributed by atoms with Crippen molar-refractivity contribution in [3.05, 3.63) is 0 Å². The second kappa shape index (κ2) is 23.3. The van der Waals surface area contributed by atoms with Crippen LogP contribution < -0.4 is 0 Å². The number of hydrogen-bond acceptors (Lipinski definition) is 1. The normalized spacial score (nSPS) is 13.5. The molecule has 1 nitrogen and oxygen atoms in total. The lowest BCUT2D eigenvalue weighted by atomic mass is 9.95. The first kappa shape index (κ1) is 29.7. The second-order valence-corrected chi connectivity index (χ2v) is 10.3. The summed E-state index contributed by atoms with van der Waals surface area (Å²) in [6, 6.07) is 0. The summed E-state index contributed by atoms with van der Waals surface area (Å²) in [5.41, 5.74) is 0. The third-order valence-corrected chi connectivity index (χ3v) is 7.08. The standard InChI is InChI=1S/C29H58O/c1-5-6-7-8-9-10-11-12-13-14-15-16-18-21-24-27(2)25-22-19-17-20-23-26-28(3)29(4)30/h27-28H,5-26H2,1-4H3/t27-,28-/m0/s1. The van der Waals surface area contributed by atoms with Gasteiger partial charge in [0.25, 0.3) is 0 Å². The van der Waals surface area contributed by atoms with Gasteiger partial charge in [0, 0.05) is 5.92 Å². The van der Waals surface area contributed by atoms with E-state index in [0.29, 0.717) is 5.78 Å². The number of carbonyl (C=O) groups excluding carboxylic acids is 1. The Balaban J connectivity index is 3.20. The highest BCUT2D eigenvalue weighted by Crippen LogP contribution is 2.19. The van der Waals surface area contributed by atoms with Crippen molar-refractivity contribution in [2.24, 2.45) is 11.8 Å². The summed E-state index contributed by atoms with van der Waals surface area (Å²) in [5.74, 6) is 1.54. The number of ketones is 1. The molecule has 0 aromatic carbocycles. The van der Waals surface area contributed by atoms with Crippen LogP contribution in [-0.2, 0) is 4.79 Å². The highest BCUT2D eigenvalue weighted by Gasteiger charge is 2.06. The van der Waals surface area contributed by atoms with Crippen LogP contribution >= 0.6 is 0 Å². The van der Waals surface area contributed by atoms with E-state index in [4.69, 9.17) is 0 Å². The summed E-state index contributed by atoms with van der Waals surface area (Å²) in [6.07, 6.45) is 31.0. The Morgan fingerprint density at radius 3 is 1.13 bits per heavy atom. The van der Waals surface area contributed by atoms with Gasteiger partial charge in [-0.3, -0.25) is 4.79 Å². The molecule has 0 N–H and O–H groups in total. The topological polar surface area (TPSA) is 17.1 Å². The SMILES string of the molecule is CCCCCCCCCCCCCCCC[C@H](C)CCCCCCC[C@H](C)C(C)=O. The Kier molecular flexibility index (Phi) is 23.1. The molecule has 0 unspecified atom stereocenters. The molecule has 30 heavy (non-hydrogen) atoms. The van der Waals surface area contributed by atoms with Crippen LogP contribution in [0.1, 0.15) is 169 Å². The smallest absolute Gasteiger partial charge is 0.132 e. The van der Waals surface area contributed by atoms with E-state index in [0.717, 1.165) is 12.3 Å². The molecule has 180 valence electrons. The van der Waals surface area contributed by atoms with Crippen LogP contribution in [0.2, 0.25) is 0 Å². The quantitative estimate of drug-likeness (QED) is 0.141. The van der Waals surface area contributed by atoms with Crippen molar-refractivity contribution in [3.63, 3.8) is 0 Å². The van der Waals surface area contributed by atoms with E-state index in [1.54, 1.807) is 6.92 Å². The van der Waals surface area contributed by atoms with E-state index >= 15 is 0 Å². The molecule has 0 aliphatic carbocycles. The van der Waals surface area contributed by atoms with Crippen LogP contribution in [0.5, 0.6) is 0 Å². The minimum absolute atomic E-state index is 0.273. The summed E-state index contributed by atoms with van der Waals surface area (Å²) in [7, 11) is 0. The predicted molar refractivity (Wildman–Crippen MR) is 136 cm³/mol. The summed E-state index contributed by atoms with van der Waals surface area (Å²) in [4.78, 5) is 11.2. The van der Waals surface area contributed by atoms with Gasteiger partial charge in [-0.1, -0.05) is 156 Å². The fourth-order valence-electron chi connectivity index (χ4n) is 4.51. The number of hydrogen-bond donors (Lipinski definition) is 0. The van der Waals surface area contributed by atoms with Crippen LogP contribution in [0.25, 0.3) is 0 Å². The number of unbranched alkanes of at least 4 members (excludes halogenated alkanes) is 17. The molecule has 0 saturated heterocycles. The van der Waals surface area contributed by atoms with E-state index in [1.807, 2.05) is 0 Å². The maximum Gasteiger partial charge on any atom is 0.132 e. The molecule has 0 bridgehead atoms. The Labute approximate surface area is 191 Å². The van der Waals surface area contributed by atoms with Crippen molar-refractivity contribution in [1.82, 2.24) is 0 Å². The van der Waals surface area contributed by atoms with E-state index in [-0.39, 0.29) is 5.92 Å². The van der Waals surface area contributed by atoms with Crippen LogP contribution in [-0.4, -0.2) is 5.78 Å². The summed E-state index contributed by atoms with van der Waals surface area (Å²) < 4.78 is 0. The Bertz CT molecular complexity index is 348. The number of carbonyl (C=O) groups is 1. The van der Waals surface area contributed by atoms with Gasteiger partial charge in [0.15, 0.2) is 0 Å². The zero-order valence-corrected chi connectivity index (χ0v) is 21.6. The van der Waals surface area contributed by atoms with Crippen molar-refractivity contribution < 1.29 is 4.79 Å². The first-order valence-electron chi connectivity index (χ1n) is 14.1. The van der Waals surface area contributed by atoms with Gasteiger partial charge in [-0.15, -0.1) is 0 Å². The molecule has 0 aliphatic rings. The lowest BCUT2D eigenvalue weighted by Crippen LogP contribution is -2.05. The van der Waals surface area contributed by atoms with Gasteiger partial charge in [-0.25, -0.2) is 0 Å². The average Bonchev–Trinajstić information content (AvgIpc) is 2.73. The second-order valence-electron chi connectivity index (χ2n) is 10.3. The largest absolute Gasteiger partial charge is 0.300 e. The molecule has 1 heteroatoms. The molecule has 0 heterocycles. The molecule has 0 saturated carbocycles. The third kappa shape index (κ3) is 22.4. The van der Waals surface area contributed by atoms with Gasteiger partial charge in [0.05, 0.1) is 0 Å². The summed E-state index contributed by atoms with van der Waals surface area (Å²) in [6.45, 7) is 8.55. The van der Waals surface area contributed by atoms with E-state index < -0.39 is 0 Å². The zero-order valence-electron chi connectivity index (χ0n) is 21.6. The first-order valence-corrected chi connectivity index (χ1v) is 14.1. The van der Waals surface area contributed by atoms with E-state index in [2.05, 4.69) is 20.8 Å².